The molecule has 0 unspecified atom stereocenters. The molecule has 1 fully saturated rings. The van der Waals surface area contributed by atoms with Gasteiger partial charge in [-0.3, -0.25) is 4.90 Å². The van der Waals surface area contributed by atoms with Gasteiger partial charge in [-0.25, -0.2) is 18.4 Å². The van der Waals surface area contributed by atoms with Crippen molar-refractivity contribution < 1.29 is 22.6 Å². The third-order valence-corrected chi connectivity index (χ3v) is 10.3. The number of para-hydroxylation sites is 1. The summed E-state index contributed by atoms with van der Waals surface area (Å²) in [5.74, 6) is 3.70. The number of nitrogens with one attached hydrogen (secondary N) is 1. The van der Waals surface area contributed by atoms with Crippen LogP contribution in [-0.2, 0) is 16.4 Å². The zero-order valence-corrected chi connectivity index (χ0v) is 28.8. The van der Waals surface area contributed by atoms with E-state index < -0.39 is 10.0 Å². The predicted octanol–water partition coefficient (Wildman–Crippen LogP) is 6.33. The van der Waals surface area contributed by atoms with Crippen LogP contribution in [0, 0.1) is 0 Å². The topological polar surface area (TPSA) is 106 Å². The SMILES string of the molecule is CCCCOc1ccc(S(=O)(=O)N2CCN([C@H](C)c3nc(NCCc4ccc(OCC)c(OCC)c4)c4ccccc4n3)CC2)cc1. The summed E-state index contributed by atoms with van der Waals surface area (Å²) in [7, 11) is -3.60. The van der Waals surface area contributed by atoms with Crippen LogP contribution in [0.15, 0.2) is 71.6 Å². The molecule has 4 aromatic rings. The minimum Gasteiger partial charge on any atom is -0.494 e. The van der Waals surface area contributed by atoms with Crippen molar-refractivity contribution in [2.75, 3.05) is 57.9 Å². The smallest absolute Gasteiger partial charge is 0.243 e. The largest absolute Gasteiger partial charge is 0.494 e. The maximum absolute atomic E-state index is 13.4. The molecule has 1 N–H and O–H groups in total. The van der Waals surface area contributed by atoms with Crippen LogP contribution in [-0.4, -0.2) is 80.1 Å². The highest BCUT2D eigenvalue weighted by atomic mass is 32.2. The van der Waals surface area contributed by atoms with Crippen molar-refractivity contribution in [3.05, 3.63) is 78.1 Å². The molecule has 252 valence electrons. The van der Waals surface area contributed by atoms with Crippen molar-refractivity contribution >= 4 is 26.7 Å². The minimum atomic E-state index is -3.60. The first-order valence-corrected chi connectivity index (χ1v) is 18.1. The molecule has 10 nitrogen and oxygen atoms in total. The number of piperazine rings is 1. The number of fused-ring (bicyclic) bond motifs is 1. The number of hydrogen-bond donors (Lipinski definition) is 1. The van der Waals surface area contributed by atoms with Gasteiger partial charge in [-0.05, 0) is 87.7 Å². The third kappa shape index (κ3) is 8.51. The van der Waals surface area contributed by atoms with Crippen molar-refractivity contribution in [1.82, 2.24) is 19.2 Å². The van der Waals surface area contributed by atoms with E-state index in [0.29, 0.717) is 64.1 Å². The molecule has 1 aliphatic rings. The fraction of sp³-hybridized carbons (Fsp3) is 0.444. The van der Waals surface area contributed by atoms with Crippen molar-refractivity contribution in [2.24, 2.45) is 0 Å². The number of nitrogens with zero attached hydrogens (tertiary/aromatic N) is 4. The summed E-state index contributed by atoms with van der Waals surface area (Å²) < 4.78 is 45.6. The van der Waals surface area contributed by atoms with Crippen LogP contribution < -0.4 is 19.5 Å². The Bertz CT molecular complexity index is 1710. The van der Waals surface area contributed by atoms with Crippen molar-refractivity contribution in [3.63, 3.8) is 0 Å². The van der Waals surface area contributed by atoms with Crippen LogP contribution >= 0.6 is 0 Å². The second-order valence-electron chi connectivity index (χ2n) is 11.6. The lowest BCUT2D eigenvalue weighted by Crippen LogP contribution is -2.49. The van der Waals surface area contributed by atoms with E-state index in [9.17, 15) is 8.42 Å². The van der Waals surface area contributed by atoms with Gasteiger partial charge in [0.1, 0.15) is 17.4 Å². The Labute approximate surface area is 279 Å². The van der Waals surface area contributed by atoms with Crippen molar-refractivity contribution in [3.8, 4) is 17.2 Å². The molecule has 1 aromatic heterocycles. The zero-order chi connectivity index (χ0) is 33.2. The van der Waals surface area contributed by atoms with Crippen molar-refractivity contribution in [1.29, 1.82) is 0 Å². The van der Waals surface area contributed by atoms with Crippen LogP contribution in [0.2, 0.25) is 0 Å². The first-order valence-electron chi connectivity index (χ1n) is 16.7. The zero-order valence-electron chi connectivity index (χ0n) is 27.9. The second kappa shape index (κ2) is 16.3. The molecule has 2 heterocycles. The van der Waals surface area contributed by atoms with E-state index >= 15 is 0 Å². The lowest BCUT2D eigenvalue weighted by molar-refractivity contribution is 0.141. The molecular formula is C36H47N5O5S. The number of aromatic nitrogens is 2. The van der Waals surface area contributed by atoms with E-state index in [1.165, 1.54) is 0 Å². The Morgan fingerprint density at radius 1 is 0.851 bits per heavy atom. The highest BCUT2D eigenvalue weighted by Crippen LogP contribution is 2.30. The van der Waals surface area contributed by atoms with Gasteiger partial charge in [0.25, 0.3) is 0 Å². The number of unbranched alkanes of at least 4 members (excludes halogenated alkanes) is 1. The Kier molecular flexibility index (Phi) is 11.9. The minimum absolute atomic E-state index is 0.0931. The van der Waals surface area contributed by atoms with E-state index in [1.807, 2.05) is 50.2 Å². The van der Waals surface area contributed by atoms with Crippen LogP contribution in [0.1, 0.15) is 58.0 Å². The maximum Gasteiger partial charge on any atom is 0.243 e. The summed E-state index contributed by atoms with van der Waals surface area (Å²) in [6.07, 6.45) is 2.79. The Morgan fingerprint density at radius 3 is 2.30 bits per heavy atom. The first kappa shape index (κ1) is 34.4. The average molecular weight is 662 g/mol. The Morgan fingerprint density at radius 2 is 1.57 bits per heavy atom. The highest BCUT2D eigenvalue weighted by molar-refractivity contribution is 7.89. The van der Waals surface area contributed by atoms with E-state index in [4.69, 9.17) is 24.2 Å². The summed E-state index contributed by atoms with van der Waals surface area (Å²) in [4.78, 5) is 12.4. The van der Waals surface area contributed by atoms with Gasteiger partial charge in [-0.1, -0.05) is 31.5 Å². The maximum atomic E-state index is 13.4. The number of benzene rings is 3. The lowest BCUT2D eigenvalue weighted by Gasteiger charge is -2.36. The molecule has 0 saturated carbocycles. The summed E-state index contributed by atoms with van der Waals surface area (Å²) in [5, 5.41) is 4.51. The molecule has 1 atom stereocenters. The monoisotopic (exact) mass is 661 g/mol. The summed E-state index contributed by atoms with van der Waals surface area (Å²) in [6, 6.07) is 20.7. The van der Waals surface area contributed by atoms with Gasteiger partial charge in [-0.2, -0.15) is 4.31 Å². The van der Waals surface area contributed by atoms with E-state index in [1.54, 1.807) is 28.6 Å². The Balaban J connectivity index is 1.23. The molecule has 11 heteroatoms. The van der Waals surface area contributed by atoms with E-state index in [0.717, 1.165) is 53.0 Å². The number of sulfonamides is 1. The molecule has 0 spiro atoms. The molecule has 1 saturated heterocycles. The van der Waals surface area contributed by atoms with Gasteiger partial charge in [0, 0.05) is 38.1 Å². The fourth-order valence-electron chi connectivity index (χ4n) is 5.68. The number of anilines is 1. The normalized spacial score (nSPS) is 15.0. The molecule has 3 aromatic carbocycles. The molecule has 5 rings (SSSR count). The average Bonchev–Trinajstić information content (AvgIpc) is 3.09. The summed E-state index contributed by atoms with van der Waals surface area (Å²) in [6.45, 7) is 12.5. The quantitative estimate of drug-likeness (QED) is 0.138. The van der Waals surface area contributed by atoms with E-state index in [2.05, 4.69) is 30.1 Å². The molecule has 0 bridgehead atoms. The third-order valence-electron chi connectivity index (χ3n) is 8.36. The van der Waals surface area contributed by atoms with E-state index in [-0.39, 0.29) is 10.9 Å². The molecule has 47 heavy (non-hydrogen) atoms. The Hall–Kier alpha value is -3.93. The van der Waals surface area contributed by atoms with Gasteiger partial charge in [-0.15, -0.1) is 0 Å². The molecule has 0 radical (unpaired) electrons. The predicted molar refractivity (Wildman–Crippen MR) is 186 cm³/mol. The summed E-state index contributed by atoms with van der Waals surface area (Å²) in [5.41, 5.74) is 2.01. The van der Waals surface area contributed by atoms with Crippen molar-refractivity contribution in [2.45, 2.75) is 57.9 Å². The van der Waals surface area contributed by atoms with Gasteiger partial charge >= 0.3 is 0 Å². The number of hydrogen-bond acceptors (Lipinski definition) is 9. The second-order valence-corrected chi connectivity index (χ2v) is 13.5. The lowest BCUT2D eigenvalue weighted by atomic mass is 10.1. The number of rotatable bonds is 16. The standard InChI is InChI=1S/C36H47N5O5S/c1-5-8-25-46-29-14-16-30(17-15-29)47(42,43)41-23-21-40(22-24-41)27(4)35-38-32-12-10-9-11-31(32)36(39-35)37-20-19-28-13-18-33(44-6-2)34(26-28)45-7-3/h9-18,26-27H,5-8,19-25H2,1-4H3,(H,37,38,39)/t27-/m1/s1. The molecule has 1 aliphatic heterocycles. The number of ether oxygens (including phenoxy) is 3. The highest BCUT2D eigenvalue weighted by Gasteiger charge is 2.31. The van der Waals surface area contributed by atoms with Gasteiger partial charge in [0.05, 0.1) is 36.3 Å². The molecule has 0 amide bonds. The van der Waals surface area contributed by atoms with Crippen LogP contribution in [0.3, 0.4) is 0 Å². The van der Waals surface area contributed by atoms with Gasteiger partial charge in [0.2, 0.25) is 10.0 Å². The van der Waals surface area contributed by atoms with Gasteiger partial charge in [0.15, 0.2) is 11.5 Å². The van der Waals surface area contributed by atoms with Crippen LogP contribution in [0.25, 0.3) is 10.9 Å². The fourth-order valence-corrected chi connectivity index (χ4v) is 7.10. The van der Waals surface area contributed by atoms with Crippen LogP contribution in [0.4, 0.5) is 5.82 Å². The first-order chi connectivity index (χ1) is 22.8. The van der Waals surface area contributed by atoms with Gasteiger partial charge < -0.3 is 19.5 Å². The summed E-state index contributed by atoms with van der Waals surface area (Å²) >= 11 is 0. The van der Waals surface area contributed by atoms with Crippen LogP contribution in [0.5, 0.6) is 17.2 Å². The molecule has 0 aliphatic carbocycles. The molecular weight excluding hydrogens is 614 g/mol.